The average Bonchev–Trinajstić information content (AvgIpc) is 3.43. The van der Waals surface area contributed by atoms with Crippen molar-refractivity contribution in [3.63, 3.8) is 0 Å². The van der Waals surface area contributed by atoms with Crippen molar-refractivity contribution < 1.29 is 56.6 Å². The maximum Gasteiger partial charge on any atom is 0.535 e. The molecule has 1 atom stereocenters. The summed E-state index contributed by atoms with van der Waals surface area (Å²) in [4.78, 5) is 50.1. The molecular weight excluding hydrogens is 687 g/mol. The number of amides is 1. The van der Waals surface area contributed by atoms with E-state index in [0.717, 1.165) is 55.3 Å². The summed E-state index contributed by atoms with van der Waals surface area (Å²) in [6.07, 6.45) is 6.00. The molecule has 0 aliphatic heterocycles. The number of hydrogen-bond acceptors (Lipinski definition) is 13. The molecule has 2 heterocycles. The van der Waals surface area contributed by atoms with Gasteiger partial charge in [-0.1, -0.05) is 6.07 Å². The van der Waals surface area contributed by atoms with Gasteiger partial charge >= 0.3 is 25.7 Å². The van der Waals surface area contributed by atoms with E-state index >= 15 is 0 Å². The molecule has 51 heavy (non-hydrogen) atoms. The van der Waals surface area contributed by atoms with E-state index in [1.54, 1.807) is 24.4 Å². The van der Waals surface area contributed by atoms with Gasteiger partial charge < -0.3 is 39.5 Å². The molecule has 17 heteroatoms. The average molecular weight is 727 g/mol. The number of rotatable bonds is 20. The van der Waals surface area contributed by atoms with Crippen molar-refractivity contribution in [2.24, 2.45) is 5.73 Å². The van der Waals surface area contributed by atoms with Crippen molar-refractivity contribution in [1.82, 2.24) is 14.9 Å². The fourth-order valence-corrected chi connectivity index (χ4v) is 5.62. The fourth-order valence-electron chi connectivity index (χ4n) is 4.70. The van der Waals surface area contributed by atoms with E-state index in [-0.39, 0.29) is 18.7 Å². The minimum absolute atomic E-state index is 0.0487. The van der Waals surface area contributed by atoms with Gasteiger partial charge in [-0.2, -0.15) is 0 Å². The highest BCUT2D eigenvalue weighted by Gasteiger charge is 2.30. The maximum absolute atomic E-state index is 13.1. The molecule has 0 bridgehead atoms. The van der Waals surface area contributed by atoms with Crippen LogP contribution >= 0.6 is 7.82 Å². The first-order chi connectivity index (χ1) is 24.4. The number of pyridine rings is 1. The van der Waals surface area contributed by atoms with E-state index in [9.17, 15) is 23.7 Å². The third-order valence-corrected chi connectivity index (χ3v) is 8.44. The number of hydrogen-bond donors (Lipinski definition) is 3. The van der Waals surface area contributed by atoms with Crippen molar-refractivity contribution in [3.05, 3.63) is 84.3 Å². The fraction of sp³-hybridized carbons (Fsp3) is 0.324. The van der Waals surface area contributed by atoms with E-state index in [2.05, 4.69) is 24.3 Å². The Labute approximate surface area is 293 Å². The number of nitrogens with two attached hydrogens (primary N) is 1. The van der Waals surface area contributed by atoms with Crippen molar-refractivity contribution >= 4 is 42.5 Å². The van der Waals surface area contributed by atoms with Crippen LogP contribution in [0.15, 0.2) is 73.1 Å². The number of carbonyl (C=O) groups is 4. The highest BCUT2D eigenvalue weighted by molar-refractivity contribution is 7.48. The Bertz CT molecular complexity index is 1830. The van der Waals surface area contributed by atoms with Crippen molar-refractivity contribution in [3.8, 4) is 17.2 Å². The SMILES string of the molecule is CC(=O)OCOP(=O)(OCOC(C)=O)Oc1ccc(Oc2ccc3c(c2)c(CNC(=O)CC(N)C(=O)O)cn3CCCCc2ccccn2)cc1. The van der Waals surface area contributed by atoms with Crippen LogP contribution in [0.2, 0.25) is 0 Å². The molecule has 2 aromatic heterocycles. The molecule has 4 rings (SSSR count). The van der Waals surface area contributed by atoms with Gasteiger partial charge in [0.1, 0.15) is 23.3 Å². The second-order valence-electron chi connectivity index (χ2n) is 11.1. The molecule has 1 unspecified atom stereocenters. The van der Waals surface area contributed by atoms with Crippen LogP contribution in [0.5, 0.6) is 17.2 Å². The summed E-state index contributed by atoms with van der Waals surface area (Å²) >= 11 is 0. The number of phosphoric ester groups is 1. The number of nitrogens with zero attached hydrogens (tertiary/aromatic N) is 2. The van der Waals surface area contributed by atoms with Crippen molar-refractivity contribution in [1.29, 1.82) is 0 Å². The van der Waals surface area contributed by atoms with Crippen LogP contribution in [0.3, 0.4) is 0 Å². The molecule has 272 valence electrons. The zero-order valence-electron chi connectivity index (χ0n) is 28.0. The topological polar surface area (TPSA) is 217 Å². The highest BCUT2D eigenvalue weighted by atomic mass is 31.2. The summed E-state index contributed by atoms with van der Waals surface area (Å²) in [6.45, 7) is 1.65. The Morgan fingerprint density at radius 3 is 2.22 bits per heavy atom. The number of unbranched alkanes of at least 4 members (excludes halogenated alkanes) is 1. The van der Waals surface area contributed by atoms with E-state index in [4.69, 9.17) is 29.1 Å². The number of carbonyl (C=O) groups excluding carboxylic acids is 3. The molecule has 0 saturated heterocycles. The quantitative estimate of drug-likeness (QED) is 0.0481. The summed E-state index contributed by atoms with van der Waals surface area (Å²) in [6, 6.07) is 16.0. The minimum Gasteiger partial charge on any atom is -0.480 e. The Morgan fingerprint density at radius 1 is 0.922 bits per heavy atom. The number of aryl methyl sites for hydroxylation is 2. The minimum atomic E-state index is -4.39. The van der Waals surface area contributed by atoms with E-state index < -0.39 is 51.3 Å². The molecule has 0 saturated carbocycles. The molecule has 4 aromatic rings. The van der Waals surface area contributed by atoms with Gasteiger partial charge in [0.25, 0.3) is 0 Å². The monoisotopic (exact) mass is 726 g/mol. The number of aromatic nitrogens is 2. The first kappa shape index (κ1) is 38.5. The lowest BCUT2D eigenvalue weighted by molar-refractivity contribution is -0.150. The Balaban J connectivity index is 1.47. The number of esters is 2. The standard InChI is InChI=1S/C34H39N4O12P/c1-23(39)45-21-47-51(44,48-22-46-24(2)40)50-28-11-9-27(10-12-28)49-29-13-14-32-30(17-29)25(19-37-33(41)18-31(35)34(42)43)20-38(32)16-6-4-8-26-7-3-5-15-36-26/h3,5,7,9-15,17,20,31H,4,6,8,16,18-19,21-22,35H2,1-2H3,(H,37,41)(H,42,43). The third kappa shape index (κ3) is 12.5. The van der Waals surface area contributed by atoms with E-state index in [1.807, 2.05) is 36.5 Å². The highest BCUT2D eigenvalue weighted by Crippen LogP contribution is 2.49. The first-order valence-electron chi connectivity index (χ1n) is 15.8. The van der Waals surface area contributed by atoms with Crippen LogP contribution < -0.4 is 20.3 Å². The lowest BCUT2D eigenvalue weighted by atomic mass is 10.1. The molecule has 0 aliphatic rings. The number of carboxylic acids is 1. The Hall–Kier alpha value is -5.28. The summed E-state index contributed by atoms with van der Waals surface area (Å²) in [5.74, 6) is -2.21. The normalized spacial score (nSPS) is 11.8. The van der Waals surface area contributed by atoms with Crippen LogP contribution in [0.25, 0.3) is 10.9 Å². The first-order valence-corrected chi connectivity index (χ1v) is 17.3. The molecular formula is C34H39N4O12P. The summed E-state index contributed by atoms with van der Waals surface area (Å²) in [5, 5.41) is 12.6. The number of aliphatic carboxylic acids is 1. The number of nitrogens with one attached hydrogen (secondary N) is 1. The van der Waals surface area contributed by atoms with Gasteiger partial charge in [-0.3, -0.25) is 24.2 Å². The number of ether oxygens (including phenoxy) is 3. The van der Waals surface area contributed by atoms with Gasteiger partial charge in [-0.25, -0.2) is 13.6 Å². The molecule has 1 amide bonds. The molecule has 16 nitrogen and oxygen atoms in total. The maximum atomic E-state index is 13.1. The number of fused-ring (bicyclic) bond motifs is 1. The van der Waals surface area contributed by atoms with Gasteiger partial charge in [0, 0.05) is 55.9 Å². The van der Waals surface area contributed by atoms with Gasteiger partial charge in [-0.15, -0.1) is 0 Å². The number of carboxylic acid groups (broad SMARTS) is 1. The Kier molecular flexibility index (Phi) is 14.1. The lowest BCUT2D eigenvalue weighted by Crippen LogP contribution is -2.36. The van der Waals surface area contributed by atoms with Gasteiger partial charge in [0.2, 0.25) is 19.5 Å². The molecule has 0 spiro atoms. The van der Waals surface area contributed by atoms with E-state index in [0.29, 0.717) is 18.0 Å². The van der Waals surface area contributed by atoms with Crippen molar-refractivity contribution in [2.75, 3.05) is 13.6 Å². The molecule has 0 aliphatic carbocycles. The smallest absolute Gasteiger partial charge is 0.480 e. The Morgan fingerprint density at radius 2 is 1.59 bits per heavy atom. The molecule has 2 aromatic carbocycles. The summed E-state index contributed by atoms with van der Waals surface area (Å²) < 4.78 is 45.9. The zero-order valence-corrected chi connectivity index (χ0v) is 28.9. The second-order valence-corrected chi connectivity index (χ2v) is 12.7. The van der Waals surface area contributed by atoms with Gasteiger partial charge in [0.15, 0.2) is 0 Å². The molecule has 0 fully saturated rings. The predicted molar refractivity (Wildman–Crippen MR) is 181 cm³/mol. The molecule has 4 N–H and O–H groups in total. The summed E-state index contributed by atoms with van der Waals surface area (Å²) in [7, 11) is -4.39. The zero-order chi connectivity index (χ0) is 36.8. The van der Waals surface area contributed by atoms with Crippen LogP contribution in [-0.4, -0.2) is 58.1 Å². The van der Waals surface area contributed by atoms with Crippen LogP contribution in [-0.2, 0) is 61.8 Å². The second kappa shape index (κ2) is 18.6. The number of benzene rings is 2. The van der Waals surface area contributed by atoms with Crippen LogP contribution in [0.4, 0.5) is 0 Å². The van der Waals surface area contributed by atoms with Gasteiger partial charge in [-0.05, 0) is 79.4 Å². The van der Waals surface area contributed by atoms with Crippen LogP contribution in [0.1, 0.15) is 44.4 Å². The number of phosphoric acid groups is 1. The lowest BCUT2D eigenvalue weighted by Gasteiger charge is -2.18. The van der Waals surface area contributed by atoms with Crippen LogP contribution in [0, 0.1) is 0 Å². The molecule has 0 radical (unpaired) electrons. The predicted octanol–water partition coefficient (Wildman–Crippen LogP) is 4.83. The summed E-state index contributed by atoms with van der Waals surface area (Å²) in [5.41, 5.74) is 8.25. The van der Waals surface area contributed by atoms with E-state index in [1.165, 1.54) is 12.1 Å². The van der Waals surface area contributed by atoms with Crippen molar-refractivity contribution in [2.45, 2.75) is 58.7 Å². The largest absolute Gasteiger partial charge is 0.535 e. The third-order valence-electron chi connectivity index (χ3n) is 7.16. The van der Waals surface area contributed by atoms with Gasteiger partial charge in [0.05, 0.1) is 6.42 Å².